The molecule has 0 saturated carbocycles. The van der Waals surface area contributed by atoms with Crippen LogP contribution in [0.25, 0.3) is 66.1 Å². The van der Waals surface area contributed by atoms with Crippen molar-refractivity contribution in [3.8, 4) is 44.5 Å². The molecule has 2 aliphatic rings. The molecule has 1 heteroatoms. The first-order valence-electron chi connectivity index (χ1n) is 20.2. The molecule has 2 aliphatic carbocycles. The molecule has 0 fully saturated rings. The molecule has 1 spiro atoms. The molecule has 12 rings (SSSR count). The van der Waals surface area contributed by atoms with Crippen LogP contribution in [0.4, 0.5) is 17.1 Å². The van der Waals surface area contributed by atoms with Gasteiger partial charge in [-0.05, 0) is 102 Å². The molecule has 0 N–H and O–H groups in total. The highest BCUT2D eigenvalue weighted by atomic mass is 15.1. The van der Waals surface area contributed by atoms with E-state index < -0.39 is 5.41 Å². The van der Waals surface area contributed by atoms with Gasteiger partial charge in [-0.15, -0.1) is 0 Å². The Labute approximate surface area is 338 Å². The highest BCUT2D eigenvalue weighted by Gasteiger charge is 2.53. The van der Waals surface area contributed by atoms with Crippen LogP contribution in [0.15, 0.2) is 224 Å². The summed E-state index contributed by atoms with van der Waals surface area (Å²) >= 11 is 0. The van der Waals surface area contributed by atoms with Crippen LogP contribution in [0, 0.1) is 0 Å². The average Bonchev–Trinajstić information content (AvgIpc) is 3.78. The summed E-state index contributed by atoms with van der Waals surface area (Å²) < 4.78 is 0. The van der Waals surface area contributed by atoms with Crippen molar-refractivity contribution in [1.82, 2.24) is 0 Å². The van der Waals surface area contributed by atoms with Gasteiger partial charge < -0.3 is 4.90 Å². The fraction of sp³-hybridized carbons (Fsp3) is 0.0175. The Morgan fingerprint density at radius 1 is 0.310 bits per heavy atom. The highest BCUT2D eigenvalue weighted by molar-refractivity contribution is 6.15. The van der Waals surface area contributed by atoms with E-state index in [1.54, 1.807) is 0 Å². The van der Waals surface area contributed by atoms with E-state index in [-0.39, 0.29) is 0 Å². The topological polar surface area (TPSA) is 3.24 Å². The third kappa shape index (κ3) is 4.59. The van der Waals surface area contributed by atoms with E-state index in [4.69, 9.17) is 0 Å². The Bertz CT molecular complexity index is 3170. The second kappa shape index (κ2) is 12.8. The molecule has 0 aromatic heterocycles. The van der Waals surface area contributed by atoms with Crippen molar-refractivity contribution in [2.75, 3.05) is 4.90 Å². The standard InChI is InChI=1S/C57H37N/c1-4-18-38(19-5-1)41-33-34-43(39-20-6-2-7-21-39)53(36-41)58(42-23-8-3-9-24-42)54-37-52-55(48-29-13-12-28-47(48)54)49-35-32-40-22-10-11-25-44(40)56(49)57(52)50-30-16-14-26-45(50)46-27-15-17-31-51(46)57/h1-37H. The summed E-state index contributed by atoms with van der Waals surface area (Å²) in [7, 11) is 0. The van der Waals surface area contributed by atoms with Gasteiger partial charge in [0.25, 0.3) is 0 Å². The molecular weight excluding hydrogens is 699 g/mol. The van der Waals surface area contributed by atoms with Crippen molar-refractivity contribution >= 4 is 38.6 Å². The molecule has 0 heterocycles. The van der Waals surface area contributed by atoms with Crippen LogP contribution in [0.3, 0.4) is 0 Å². The van der Waals surface area contributed by atoms with E-state index >= 15 is 0 Å². The minimum atomic E-state index is -0.534. The summed E-state index contributed by atoms with van der Waals surface area (Å²) in [6.07, 6.45) is 0. The van der Waals surface area contributed by atoms with Gasteiger partial charge in [-0.3, -0.25) is 0 Å². The van der Waals surface area contributed by atoms with Crippen LogP contribution in [-0.2, 0) is 5.41 Å². The zero-order valence-corrected chi connectivity index (χ0v) is 31.8. The molecule has 0 saturated heterocycles. The minimum absolute atomic E-state index is 0.534. The molecule has 0 amide bonds. The molecule has 0 atom stereocenters. The van der Waals surface area contributed by atoms with Gasteiger partial charge in [0.2, 0.25) is 0 Å². The quantitative estimate of drug-likeness (QED) is 0.170. The Morgan fingerprint density at radius 3 is 1.57 bits per heavy atom. The zero-order valence-electron chi connectivity index (χ0n) is 31.8. The normalized spacial score (nSPS) is 13.0. The average molecular weight is 736 g/mol. The second-order valence-corrected chi connectivity index (χ2v) is 15.5. The van der Waals surface area contributed by atoms with Crippen molar-refractivity contribution in [3.05, 3.63) is 247 Å². The first kappa shape index (κ1) is 32.7. The molecule has 1 nitrogen and oxygen atoms in total. The van der Waals surface area contributed by atoms with E-state index in [0.717, 1.165) is 17.1 Å². The van der Waals surface area contributed by atoms with Gasteiger partial charge >= 0.3 is 0 Å². The molecule has 0 radical (unpaired) electrons. The lowest BCUT2D eigenvalue weighted by Gasteiger charge is -2.34. The summed E-state index contributed by atoms with van der Waals surface area (Å²) in [5, 5.41) is 5.03. The van der Waals surface area contributed by atoms with Crippen molar-refractivity contribution in [3.63, 3.8) is 0 Å². The van der Waals surface area contributed by atoms with Gasteiger partial charge in [0.15, 0.2) is 0 Å². The minimum Gasteiger partial charge on any atom is -0.309 e. The van der Waals surface area contributed by atoms with E-state index in [2.05, 4.69) is 229 Å². The van der Waals surface area contributed by atoms with Crippen LogP contribution < -0.4 is 4.90 Å². The Hall–Kier alpha value is -7.48. The summed E-state index contributed by atoms with van der Waals surface area (Å²) in [5.41, 5.74) is 18.2. The third-order valence-electron chi connectivity index (χ3n) is 12.6. The molecule has 10 aromatic carbocycles. The molecule has 0 unspecified atom stereocenters. The number of benzene rings is 10. The number of para-hydroxylation sites is 1. The summed E-state index contributed by atoms with van der Waals surface area (Å²) in [6.45, 7) is 0. The number of anilines is 3. The van der Waals surface area contributed by atoms with Crippen LogP contribution in [-0.4, -0.2) is 0 Å². The maximum Gasteiger partial charge on any atom is 0.0732 e. The van der Waals surface area contributed by atoms with E-state index in [1.165, 1.54) is 88.3 Å². The lowest BCUT2D eigenvalue weighted by atomic mass is 9.69. The third-order valence-corrected chi connectivity index (χ3v) is 12.6. The van der Waals surface area contributed by atoms with Gasteiger partial charge in [-0.1, -0.05) is 200 Å². The van der Waals surface area contributed by atoms with Crippen molar-refractivity contribution in [1.29, 1.82) is 0 Å². The van der Waals surface area contributed by atoms with Gasteiger partial charge in [-0.25, -0.2) is 0 Å². The van der Waals surface area contributed by atoms with Gasteiger partial charge in [-0.2, -0.15) is 0 Å². The monoisotopic (exact) mass is 735 g/mol. The molecule has 270 valence electrons. The number of rotatable bonds is 5. The maximum absolute atomic E-state index is 2.56. The van der Waals surface area contributed by atoms with Crippen LogP contribution in [0.2, 0.25) is 0 Å². The lowest BCUT2D eigenvalue weighted by molar-refractivity contribution is 0.802. The summed E-state index contributed by atoms with van der Waals surface area (Å²) in [6, 6.07) is 83.1. The van der Waals surface area contributed by atoms with Crippen molar-refractivity contribution in [2.24, 2.45) is 0 Å². The largest absolute Gasteiger partial charge is 0.309 e. The maximum atomic E-state index is 2.56. The Morgan fingerprint density at radius 2 is 0.862 bits per heavy atom. The van der Waals surface area contributed by atoms with Gasteiger partial charge in [0.05, 0.1) is 16.8 Å². The zero-order chi connectivity index (χ0) is 38.2. The fourth-order valence-electron chi connectivity index (χ4n) is 10.3. The fourth-order valence-corrected chi connectivity index (χ4v) is 10.3. The SMILES string of the molecule is c1ccc(-c2ccc(-c3ccccc3)c(N(c3ccccc3)c3cc4c(c5ccccc35)-c3ccc5ccccc5c3C43c4ccccc4-c4ccccc43)c2)cc1. The van der Waals surface area contributed by atoms with Crippen LogP contribution in [0.1, 0.15) is 22.3 Å². The first-order chi connectivity index (χ1) is 28.8. The number of fused-ring (bicyclic) bond motifs is 14. The Balaban J connectivity index is 1.25. The van der Waals surface area contributed by atoms with Crippen LogP contribution >= 0.6 is 0 Å². The van der Waals surface area contributed by atoms with Crippen LogP contribution in [0.5, 0.6) is 0 Å². The first-order valence-corrected chi connectivity index (χ1v) is 20.2. The molecular formula is C57H37N. The van der Waals surface area contributed by atoms with E-state index in [1.807, 2.05) is 0 Å². The smallest absolute Gasteiger partial charge is 0.0732 e. The molecule has 0 aliphatic heterocycles. The number of nitrogens with zero attached hydrogens (tertiary/aromatic N) is 1. The van der Waals surface area contributed by atoms with E-state index in [9.17, 15) is 0 Å². The van der Waals surface area contributed by atoms with Crippen molar-refractivity contribution in [2.45, 2.75) is 5.41 Å². The molecule has 10 aromatic rings. The van der Waals surface area contributed by atoms with Gasteiger partial charge in [0, 0.05) is 16.6 Å². The predicted molar refractivity (Wildman–Crippen MR) is 243 cm³/mol. The van der Waals surface area contributed by atoms with Gasteiger partial charge in [0.1, 0.15) is 0 Å². The lowest BCUT2D eigenvalue weighted by Crippen LogP contribution is -2.26. The Kier molecular flexibility index (Phi) is 7.21. The van der Waals surface area contributed by atoms with Crippen molar-refractivity contribution < 1.29 is 0 Å². The summed E-state index contributed by atoms with van der Waals surface area (Å²) in [4.78, 5) is 2.53. The number of hydrogen-bond acceptors (Lipinski definition) is 1. The summed E-state index contributed by atoms with van der Waals surface area (Å²) in [5.74, 6) is 0. The predicted octanol–water partition coefficient (Wildman–Crippen LogP) is 15.1. The number of hydrogen-bond donors (Lipinski definition) is 0. The highest BCUT2D eigenvalue weighted by Crippen LogP contribution is 2.66. The van der Waals surface area contributed by atoms with E-state index in [0.29, 0.717) is 0 Å². The molecule has 0 bridgehead atoms. The second-order valence-electron chi connectivity index (χ2n) is 15.5. The molecule has 58 heavy (non-hydrogen) atoms.